The number of aryl methyl sites for hydroxylation is 1. The molecule has 1 fully saturated rings. The van der Waals surface area contributed by atoms with E-state index in [9.17, 15) is 5.11 Å². The van der Waals surface area contributed by atoms with Gasteiger partial charge in [-0.3, -0.25) is 9.89 Å². The van der Waals surface area contributed by atoms with Crippen LogP contribution in [-0.2, 0) is 6.54 Å². The average Bonchev–Trinajstić information content (AvgIpc) is 3.16. The zero-order valence-electron chi connectivity index (χ0n) is 17.2. The van der Waals surface area contributed by atoms with Crippen LogP contribution in [0.4, 0.5) is 0 Å². The number of aliphatic hydroxyl groups excluding tert-OH is 1. The topological polar surface area (TPSA) is 59.9 Å². The van der Waals surface area contributed by atoms with Crippen molar-refractivity contribution >= 4 is 28.9 Å². The smallest absolute Gasteiger partial charge is 0.191 e. The maximum atomic E-state index is 10.3. The van der Waals surface area contributed by atoms with E-state index in [0.29, 0.717) is 16.9 Å². The minimum Gasteiger partial charge on any atom is -0.386 e. The van der Waals surface area contributed by atoms with Gasteiger partial charge in [0.25, 0.3) is 0 Å². The lowest BCUT2D eigenvalue weighted by Crippen LogP contribution is -2.48. The van der Waals surface area contributed by atoms with Crippen molar-refractivity contribution in [1.82, 2.24) is 15.5 Å². The molecule has 0 bridgehead atoms. The summed E-state index contributed by atoms with van der Waals surface area (Å²) in [5.74, 6) is 0.770. The van der Waals surface area contributed by atoms with Crippen molar-refractivity contribution in [3.05, 3.63) is 56.7 Å². The summed E-state index contributed by atoms with van der Waals surface area (Å²) >= 11 is 7.36. The highest BCUT2D eigenvalue weighted by Crippen LogP contribution is 2.27. The Labute approximate surface area is 182 Å². The predicted octanol–water partition coefficient (Wildman–Crippen LogP) is 3.96. The lowest BCUT2D eigenvalue weighted by molar-refractivity contribution is 0.189. The van der Waals surface area contributed by atoms with Crippen molar-refractivity contribution in [1.29, 1.82) is 0 Å². The van der Waals surface area contributed by atoms with Crippen LogP contribution in [0.1, 0.15) is 41.9 Å². The van der Waals surface area contributed by atoms with Gasteiger partial charge in [-0.25, -0.2) is 0 Å². The van der Waals surface area contributed by atoms with E-state index in [1.54, 1.807) is 0 Å². The third kappa shape index (κ3) is 6.71. The van der Waals surface area contributed by atoms with E-state index >= 15 is 0 Å². The second kappa shape index (κ2) is 11.0. The summed E-state index contributed by atoms with van der Waals surface area (Å²) in [7, 11) is 0. The third-order valence-corrected chi connectivity index (χ3v) is 6.60. The van der Waals surface area contributed by atoms with Crippen LogP contribution in [0.25, 0.3) is 0 Å². The second-order valence-corrected chi connectivity index (χ2v) is 9.25. The standard InChI is InChI=1S/C22H31ClN4OS/c1-3-24-22(25-14-19(28)20-8-9-21(23)29-20)26-18-10-12-27(13-11-18)15-17-7-5-4-6-16(17)2/h4-9,18-19,28H,3,10-15H2,1-2H3,(H2,24,25,26). The highest BCUT2D eigenvalue weighted by Gasteiger charge is 2.20. The Hall–Kier alpha value is -1.60. The summed E-state index contributed by atoms with van der Waals surface area (Å²) in [6.07, 6.45) is 1.54. The molecule has 1 unspecified atom stereocenters. The molecule has 1 atom stereocenters. The lowest BCUT2D eigenvalue weighted by atomic mass is 10.0. The quantitative estimate of drug-likeness (QED) is 0.456. The number of likely N-dealkylation sites (tertiary alicyclic amines) is 1. The Bertz CT molecular complexity index is 802. The molecule has 2 heterocycles. The third-order valence-electron chi connectivity index (χ3n) is 5.27. The van der Waals surface area contributed by atoms with Gasteiger partial charge in [-0.05, 0) is 49.9 Å². The molecule has 2 aromatic rings. The van der Waals surface area contributed by atoms with Gasteiger partial charge in [0.05, 0.1) is 10.9 Å². The van der Waals surface area contributed by atoms with Crippen molar-refractivity contribution in [2.24, 2.45) is 4.99 Å². The predicted molar refractivity (Wildman–Crippen MR) is 123 cm³/mol. The Balaban J connectivity index is 1.49. The first-order valence-electron chi connectivity index (χ1n) is 10.3. The van der Waals surface area contributed by atoms with E-state index in [1.807, 2.05) is 12.1 Å². The molecule has 0 saturated carbocycles. The Kier molecular flexibility index (Phi) is 8.36. The zero-order valence-corrected chi connectivity index (χ0v) is 18.8. The average molecular weight is 435 g/mol. The van der Waals surface area contributed by atoms with Gasteiger partial charge in [-0.2, -0.15) is 0 Å². The Morgan fingerprint density at radius 2 is 2.03 bits per heavy atom. The molecule has 1 saturated heterocycles. The minimum absolute atomic E-state index is 0.318. The van der Waals surface area contributed by atoms with E-state index in [0.717, 1.165) is 49.9 Å². The number of hydrogen-bond donors (Lipinski definition) is 3. The number of guanidine groups is 1. The van der Waals surface area contributed by atoms with Crippen LogP contribution in [-0.4, -0.2) is 48.2 Å². The van der Waals surface area contributed by atoms with Gasteiger partial charge >= 0.3 is 0 Å². The maximum absolute atomic E-state index is 10.3. The van der Waals surface area contributed by atoms with Crippen molar-refractivity contribution < 1.29 is 5.11 Å². The number of aliphatic imine (C=N–C) groups is 1. The molecule has 0 spiro atoms. The molecule has 0 amide bonds. The van der Waals surface area contributed by atoms with Gasteiger partial charge in [-0.15, -0.1) is 11.3 Å². The van der Waals surface area contributed by atoms with Crippen LogP contribution in [0.3, 0.4) is 0 Å². The van der Waals surface area contributed by atoms with Gasteiger partial charge in [0.15, 0.2) is 5.96 Å². The van der Waals surface area contributed by atoms with E-state index in [4.69, 9.17) is 11.6 Å². The number of aliphatic hydroxyl groups is 1. The number of nitrogens with zero attached hydrogens (tertiary/aromatic N) is 2. The Morgan fingerprint density at radius 1 is 1.28 bits per heavy atom. The number of halogens is 1. The Morgan fingerprint density at radius 3 is 2.69 bits per heavy atom. The molecule has 1 aliphatic rings. The molecule has 3 N–H and O–H groups in total. The van der Waals surface area contributed by atoms with Crippen LogP contribution in [0, 0.1) is 6.92 Å². The first-order chi connectivity index (χ1) is 14.0. The number of piperidine rings is 1. The fraction of sp³-hybridized carbons (Fsp3) is 0.500. The molecule has 5 nitrogen and oxygen atoms in total. The summed E-state index contributed by atoms with van der Waals surface area (Å²) in [6, 6.07) is 12.7. The van der Waals surface area contributed by atoms with Gasteiger partial charge < -0.3 is 15.7 Å². The normalized spacial score (nSPS) is 17.3. The van der Waals surface area contributed by atoms with Gasteiger partial charge in [-0.1, -0.05) is 35.9 Å². The lowest BCUT2D eigenvalue weighted by Gasteiger charge is -2.33. The number of benzene rings is 1. The van der Waals surface area contributed by atoms with E-state index in [2.05, 4.69) is 58.6 Å². The molecule has 0 aliphatic carbocycles. The van der Waals surface area contributed by atoms with Crippen LogP contribution in [0.15, 0.2) is 41.4 Å². The number of thiophene rings is 1. The minimum atomic E-state index is -0.626. The maximum Gasteiger partial charge on any atom is 0.191 e. The fourth-order valence-corrected chi connectivity index (χ4v) is 4.59. The van der Waals surface area contributed by atoms with Gasteiger partial charge in [0.1, 0.15) is 6.10 Å². The van der Waals surface area contributed by atoms with Crippen molar-refractivity contribution in [2.75, 3.05) is 26.2 Å². The summed E-state index contributed by atoms with van der Waals surface area (Å²) < 4.78 is 0.686. The SMILES string of the molecule is CCNC(=NCC(O)c1ccc(Cl)s1)NC1CCN(Cc2ccccc2C)CC1. The molecule has 1 aliphatic heterocycles. The van der Waals surface area contributed by atoms with E-state index in [1.165, 1.54) is 22.5 Å². The van der Waals surface area contributed by atoms with Crippen molar-refractivity contribution in [3.63, 3.8) is 0 Å². The van der Waals surface area contributed by atoms with Crippen LogP contribution in [0.2, 0.25) is 4.34 Å². The van der Waals surface area contributed by atoms with E-state index < -0.39 is 6.10 Å². The molecule has 1 aromatic heterocycles. The molecule has 0 radical (unpaired) electrons. The monoisotopic (exact) mass is 434 g/mol. The van der Waals surface area contributed by atoms with Crippen LogP contribution in [0.5, 0.6) is 0 Å². The summed E-state index contributed by atoms with van der Waals surface area (Å²) in [5.41, 5.74) is 2.77. The number of nitrogens with one attached hydrogen (secondary N) is 2. The molecule has 1 aromatic carbocycles. The molecular formula is C22H31ClN4OS. The highest BCUT2D eigenvalue weighted by atomic mass is 35.5. The van der Waals surface area contributed by atoms with Crippen LogP contribution >= 0.6 is 22.9 Å². The van der Waals surface area contributed by atoms with Gasteiger partial charge in [0.2, 0.25) is 0 Å². The molecule has 29 heavy (non-hydrogen) atoms. The van der Waals surface area contributed by atoms with E-state index in [-0.39, 0.29) is 0 Å². The zero-order chi connectivity index (χ0) is 20.6. The highest BCUT2D eigenvalue weighted by molar-refractivity contribution is 7.16. The molecule has 3 rings (SSSR count). The summed E-state index contributed by atoms with van der Waals surface area (Å²) in [5, 5.41) is 17.2. The first kappa shape index (κ1) is 22.1. The molecular weight excluding hydrogens is 404 g/mol. The summed E-state index contributed by atoms with van der Waals surface area (Å²) in [4.78, 5) is 7.95. The van der Waals surface area contributed by atoms with Crippen molar-refractivity contribution in [3.8, 4) is 0 Å². The fourth-order valence-electron chi connectivity index (χ4n) is 3.55. The second-order valence-electron chi connectivity index (χ2n) is 7.50. The molecule has 7 heteroatoms. The summed E-state index contributed by atoms with van der Waals surface area (Å²) in [6.45, 7) is 8.50. The largest absolute Gasteiger partial charge is 0.386 e. The van der Waals surface area contributed by atoms with Crippen molar-refractivity contribution in [2.45, 2.75) is 45.4 Å². The van der Waals surface area contributed by atoms with Gasteiger partial charge in [0, 0.05) is 37.1 Å². The molecule has 158 valence electrons. The first-order valence-corrected chi connectivity index (χ1v) is 11.5. The van der Waals surface area contributed by atoms with Crippen LogP contribution < -0.4 is 10.6 Å². The number of hydrogen-bond acceptors (Lipinski definition) is 4. The number of rotatable bonds is 7.